The first-order chi connectivity index (χ1) is 5.84. The number of nitrogens with two attached hydrogens (primary N) is 1. The minimum Gasteiger partial charge on any atom is -0.396 e. The summed E-state index contributed by atoms with van der Waals surface area (Å²) in [7, 11) is 0. The summed E-state index contributed by atoms with van der Waals surface area (Å²) in [6.07, 6.45) is -4.69. The van der Waals surface area contributed by atoms with E-state index in [0.29, 0.717) is 11.6 Å². The topological polar surface area (TPSA) is 26.0 Å². The van der Waals surface area contributed by atoms with Gasteiger partial charge in [0.1, 0.15) is 0 Å². The van der Waals surface area contributed by atoms with E-state index in [-0.39, 0.29) is 0 Å². The van der Waals surface area contributed by atoms with Crippen molar-refractivity contribution in [3.05, 3.63) is 29.1 Å². The number of alkyl halides is 3. The van der Waals surface area contributed by atoms with Gasteiger partial charge in [-0.3, -0.25) is 0 Å². The molecule has 1 nitrogen and oxygen atoms in total. The van der Waals surface area contributed by atoms with Crippen LogP contribution in [0.15, 0.2) is 12.1 Å². The highest BCUT2D eigenvalue weighted by Gasteiger charge is 2.34. The first-order valence-corrected chi connectivity index (χ1v) is 3.46. The van der Waals surface area contributed by atoms with Crippen LogP contribution >= 0.6 is 0 Å². The molecule has 0 saturated heterocycles. The Hall–Kier alpha value is -1.26. The van der Waals surface area contributed by atoms with Gasteiger partial charge in [-0.15, -0.1) is 0 Å². The van der Waals surface area contributed by atoms with Crippen molar-refractivity contribution >= 4 is 5.69 Å². The molecule has 0 saturated carbocycles. The normalized spacial score (nSPS) is 11.8. The lowest BCUT2D eigenvalue weighted by Gasteiger charge is -2.10. The maximum atomic E-state index is 12.9. The van der Waals surface area contributed by atoms with Crippen LogP contribution in [0.3, 0.4) is 0 Å². The minimum absolute atomic E-state index is 0.297. The van der Waals surface area contributed by atoms with Crippen LogP contribution in [0.1, 0.15) is 11.1 Å². The summed E-state index contributed by atoms with van der Waals surface area (Å²) in [6, 6.07) is 1.82. The molecule has 0 aliphatic heterocycles. The zero-order chi connectivity index (χ0) is 10.2. The molecule has 0 radical (unpaired) electrons. The fourth-order valence-corrected chi connectivity index (χ4v) is 0.908. The van der Waals surface area contributed by atoms with E-state index in [1.807, 2.05) is 0 Å². The van der Waals surface area contributed by atoms with Crippen LogP contribution in [0.25, 0.3) is 0 Å². The van der Waals surface area contributed by atoms with Crippen LogP contribution in [-0.2, 0) is 6.18 Å². The predicted molar refractivity (Wildman–Crippen MR) is 40.6 cm³/mol. The molecule has 0 aromatic heterocycles. The van der Waals surface area contributed by atoms with Gasteiger partial charge < -0.3 is 5.73 Å². The fourth-order valence-electron chi connectivity index (χ4n) is 0.908. The first-order valence-electron chi connectivity index (χ1n) is 3.46. The molecule has 0 spiro atoms. The fraction of sp³-hybridized carbons (Fsp3) is 0.250. The zero-order valence-electron chi connectivity index (χ0n) is 6.74. The maximum absolute atomic E-state index is 12.9. The lowest BCUT2D eigenvalue weighted by atomic mass is 10.1. The van der Waals surface area contributed by atoms with Gasteiger partial charge in [-0.05, 0) is 18.6 Å². The quantitative estimate of drug-likeness (QED) is 0.497. The van der Waals surface area contributed by atoms with Gasteiger partial charge >= 0.3 is 6.18 Å². The van der Waals surface area contributed by atoms with Crippen LogP contribution in [0, 0.1) is 12.7 Å². The van der Waals surface area contributed by atoms with Crippen LogP contribution < -0.4 is 5.73 Å². The molecule has 1 aromatic carbocycles. The highest BCUT2D eigenvalue weighted by Crippen LogP contribution is 2.34. The number of nitrogen functional groups attached to an aromatic ring is 1. The van der Waals surface area contributed by atoms with Crippen molar-refractivity contribution in [1.29, 1.82) is 0 Å². The van der Waals surface area contributed by atoms with E-state index in [9.17, 15) is 17.6 Å². The standard InChI is InChI=1S/C8H7F4N/c1-4-2-3-5(8(10,11)12)6(9)7(4)13/h2-3H,13H2,1H3. The van der Waals surface area contributed by atoms with Crippen molar-refractivity contribution in [3.8, 4) is 0 Å². The summed E-state index contributed by atoms with van der Waals surface area (Å²) < 4.78 is 49.1. The summed E-state index contributed by atoms with van der Waals surface area (Å²) in [5.74, 6) is -1.40. The summed E-state index contributed by atoms with van der Waals surface area (Å²) in [6.45, 7) is 1.44. The minimum atomic E-state index is -4.69. The van der Waals surface area contributed by atoms with Crippen molar-refractivity contribution in [2.75, 3.05) is 5.73 Å². The lowest BCUT2D eigenvalue weighted by Crippen LogP contribution is -2.10. The molecule has 0 aliphatic rings. The zero-order valence-corrected chi connectivity index (χ0v) is 6.74. The number of hydrogen-bond donors (Lipinski definition) is 1. The van der Waals surface area contributed by atoms with Gasteiger partial charge in [0, 0.05) is 0 Å². The Kier molecular flexibility index (Phi) is 2.19. The summed E-state index contributed by atoms with van der Waals surface area (Å²) >= 11 is 0. The molecule has 0 atom stereocenters. The van der Waals surface area contributed by atoms with Crippen molar-refractivity contribution in [3.63, 3.8) is 0 Å². The third kappa shape index (κ3) is 1.74. The van der Waals surface area contributed by atoms with Gasteiger partial charge in [0.2, 0.25) is 0 Å². The molecular formula is C8H7F4N. The Balaban J connectivity index is 3.35. The van der Waals surface area contributed by atoms with E-state index in [4.69, 9.17) is 5.73 Å². The number of benzene rings is 1. The van der Waals surface area contributed by atoms with Crippen LogP contribution in [0.4, 0.5) is 23.2 Å². The third-order valence-corrected chi connectivity index (χ3v) is 1.70. The molecule has 0 aliphatic carbocycles. The molecule has 0 unspecified atom stereocenters. The van der Waals surface area contributed by atoms with Crippen molar-refractivity contribution < 1.29 is 17.6 Å². The van der Waals surface area contributed by atoms with Crippen molar-refractivity contribution in [2.24, 2.45) is 0 Å². The number of hydrogen-bond acceptors (Lipinski definition) is 1. The molecule has 72 valence electrons. The second kappa shape index (κ2) is 2.90. The van der Waals surface area contributed by atoms with Crippen molar-refractivity contribution in [2.45, 2.75) is 13.1 Å². The van der Waals surface area contributed by atoms with E-state index >= 15 is 0 Å². The SMILES string of the molecule is Cc1ccc(C(F)(F)F)c(F)c1N. The van der Waals surface area contributed by atoms with Gasteiger partial charge in [-0.25, -0.2) is 4.39 Å². The highest BCUT2D eigenvalue weighted by atomic mass is 19.4. The maximum Gasteiger partial charge on any atom is 0.419 e. The number of aryl methyl sites for hydroxylation is 1. The van der Waals surface area contributed by atoms with Crippen LogP contribution in [0.5, 0.6) is 0 Å². The predicted octanol–water partition coefficient (Wildman–Crippen LogP) is 2.74. The average Bonchev–Trinajstić information content (AvgIpc) is 1.98. The van der Waals surface area contributed by atoms with Gasteiger partial charge in [0.25, 0.3) is 0 Å². The van der Waals surface area contributed by atoms with E-state index in [1.54, 1.807) is 0 Å². The molecule has 0 amide bonds. The Morgan fingerprint density at radius 2 is 1.77 bits per heavy atom. The number of halogens is 4. The molecular weight excluding hydrogens is 186 g/mol. The van der Waals surface area contributed by atoms with Crippen LogP contribution in [0.2, 0.25) is 0 Å². The molecule has 13 heavy (non-hydrogen) atoms. The first kappa shape index (κ1) is 9.83. The smallest absolute Gasteiger partial charge is 0.396 e. The molecule has 0 heterocycles. The summed E-state index contributed by atoms with van der Waals surface area (Å²) in [5.41, 5.74) is 3.63. The monoisotopic (exact) mass is 193 g/mol. The Morgan fingerprint density at radius 1 is 1.23 bits per heavy atom. The third-order valence-electron chi connectivity index (χ3n) is 1.70. The van der Waals surface area contributed by atoms with Crippen molar-refractivity contribution in [1.82, 2.24) is 0 Å². The summed E-state index contributed by atoms with van der Waals surface area (Å²) in [5, 5.41) is 0. The highest BCUT2D eigenvalue weighted by molar-refractivity contribution is 5.50. The van der Waals surface area contributed by atoms with Gasteiger partial charge in [-0.1, -0.05) is 6.07 Å². The van der Waals surface area contributed by atoms with Crippen LogP contribution in [-0.4, -0.2) is 0 Å². The Labute approximate surface area is 72.2 Å². The molecule has 0 bridgehead atoms. The molecule has 0 fully saturated rings. The molecule has 5 heteroatoms. The Morgan fingerprint density at radius 3 is 2.23 bits per heavy atom. The summed E-state index contributed by atoms with van der Waals surface area (Å²) in [4.78, 5) is 0. The second-order valence-corrected chi connectivity index (χ2v) is 2.66. The van der Waals surface area contributed by atoms with E-state index in [2.05, 4.69) is 0 Å². The average molecular weight is 193 g/mol. The number of anilines is 1. The largest absolute Gasteiger partial charge is 0.419 e. The Bertz CT molecular complexity index is 330. The molecule has 1 aromatic rings. The van der Waals surface area contributed by atoms with E-state index in [1.165, 1.54) is 6.92 Å². The number of rotatable bonds is 0. The van der Waals surface area contributed by atoms with Gasteiger partial charge in [-0.2, -0.15) is 13.2 Å². The molecule has 1 rings (SSSR count). The van der Waals surface area contributed by atoms with Gasteiger partial charge in [0.05, 0.1) is 11.3 Å². The van der Waals surface area contributed by atoms with E-state index < -0.39 is 23.2 Å². The van der Waals surface area contributed by atoms with Gasteiger partial charge in [0.15, 0.2) is 5.82 Å². The second-order valence-electron chi connectivity index (χ2n) is 2.66. The lowest BCUT2D eigenvalue weighted by molar-refractivity contribution is -0.139. The van der Waals surface area contributed by atoms with E-state index in [0.717, 1.165) is 6.07 Å². The molecule has 2 N–H and O–H groups in total.